The number of rotatable bonds is 10. The molecule has 1 fully saturated rings. The first kappa shape index (κ1) is 19.9. The van der Waals surface area contributed by atoms with Crippen molar-refractivity contribution < 1.29 is 14.4 Å². The molecule has 0 saturated carbocycles. The van der Waals surface area contributed by atoms with Gasteiger partial charge in [-0.25, -0.2) is 0 Å². The molecule has 1 saturated heterocycles. The summed E-state index contributed by atoms with van der Waals surface area (Å²) in [5, 5.41) is 2.81. The highest BCUT2D eigenvalue weighted by atomic mass is 35.5. The number of carbonyl (C=O) groups excluding carboxylic acids is 3. The zero-order valence-electron chi connectivity index (χ0n) is 12.4. The zero-order chi connectivity index (χ0) is 14.8. The summed E-state index contributed by atoms with van der Waals surface area (Å²) in [6.45, 7) is 1.63. The third-order valence-electron chi connectivity index (χ3n) is 3.39. The van der Waals surface area contributed by atoms with E-state index in [4.69, 9.17) is 5.73 Å². The van der Waals surface area contributed by atoms with Crippen molar-refractivity contribution in [2.45, 2.75) is 51.4 Å². The Morgan fingerprint density at radius 3 is 2.29 bits per heavy atom. The van der Waals surface area contributed by atoms with Crippen LogP contribution in [0.15, 0.2) is 0 Å². The summed E-state index contributed by atoms with van der Waals surface area (Å²) in [5.74, 6) is -0.153. The number of amides is 3. The van der Waals surface area contributed by atoms with E-state index in [1.807, 2.05) is 0 Å². The minimum Gasteiger partial charge on any atom is -0.356 e. The fraction of sp³-hybridized carbons (Fsp3) is 0.786. The summed E-state index contributed by atoms with van der Waals surface area (Å²) in [5.41, 5.74) is 5.39. The van der Waals surface area contributed by atoms with Gasteiger partial charge < -0.3 is 11.1 Å². The molecule has 0 radical (unpaired) electrons. The highest BCUT2D eigenvalue weighted by Gasteiger charge is 2.27. The van der Waals surface area contributed by atoms with Crippen LogP contribution in [-0.2, 0) is 14.4 Å². The fourth-order valence-electron chi connectivity index (χ4n) is 2.21. The monoisotopic (exact) mass is 319 g/mol. The smallest absolute Gasteiger partial charge is 0.229 e. The van der Waals surface area contributed by atoms with Gasteiger partial charge in [0.2, 0.25) is 17.7 Å². The van der Waals surface area contributed by atoms with E-state index in [1.54, 1.807) is 0 Å². The summed E-state index contributed by atoms with van der Waals surface area (Å²) < 4.78 is 0. The Balaban J connectivity index is 0.00000400. The van der Waals surface area contributed by atoms with Crippen LogP contribution in [0.25, 0.3) is 0 Å². The van der Waals surface area contributed by atoms with Crippen LogP contribution < -0.4 is 11.1 Å². The van der Waals surface area contributed by atoms with Gasteiger partial charge in [0.1, 0.15) is 0 Å². The third kappa shape index (κ3) is 8.02. The Morgan fingerprint density at radius 1 is 1.05 bits per heavy atom. The van der Waals surface area contributed by atoms with Crippen molar-refractivity contribution in [2.75, 3.05) is 19.6 Å². The minimum atomic E-state index is -0.0961. The largest absolute Gasteiger partial charge is 0.356 e. The van der Waals surface area contributed by atoms with Crippen molar-refractivity contribution >= 4 is 30.1 Å². The molecule has 0 aliphatic carbocycles. The van der Waals surface area contributed by atoms with Gasteiger partial charge >= 0.3 is 0 Å². The van der Waals surface area contributed by atoms with Gasteiger partial charge in [0.25, 0.3) is 0 Å². The second-order valence-electron chi connectivity index (χ2n) is 5.10. The van der Waals surface area contributed by atoms with Crippen molar-refractivity contribution in [3.63, 3.8) is 0 Å². The van der Waals surface area contributed by atoms with Gasteiger partial charge in [0.15, 0.2) is 0 Å². The average molecular weight is 320 g/mol. The van der Waals surface area contributed by atoms with Gasteiger partial charge in [-0.3, -0.25) is 19.3 Å². The van der Waals surface area contributed by atoms with Crippen molar-refractivity contribution in [3.05, 3.63) is 0 Å². The number of carbonyl (C=O) groups is 3. The SMILES string of the molecule is Cl.NCCCCCCC(=O)NCCCN1C(=O)CCC1=O. The van der Waals surface area contributed by atoms with Crippen LogP contribution in [0.5, 0.6) is 0 Å². The molecular formula is C14H26ClN3O3. The van der Waals surface area contributed by atoms with Crippen LogP contribution in [0.3, 0.4) is 0 Å². The van der Waals surface area contributed by atoms with Gasteiger partial charge in [-0.15, -0.1) is 12.4 Å². The van der Waals surface area contributed by atoms with Gasteiger partial charge in [-0.1, -0.05) is 12.8 Å². The second-order valence-corrected chi connectivity index (χ2v) is 5.10. The molecule has 0 unspecified atom stereocenters. The lowest BCUT2D eigenvalue weighted by atomic mass is 10.1. The van der Waals surface area contributed by atoms with E-state index in [9.17, 15) is 14.4 Å². The van der Waals surface area contributed by atoms with Crippen molar-refractivity contribution in [1.29, 1.82) is 0 Å². The number of hydrogen-bond donors (Lipinski definition) is 2. The quantitative estimate of drug-likeness (QED) is 0.463. The molecule has 0 aromatic rings. The molecule has 0 aromatic carbocycles. The first-order chi connectivity index (χ1) is 9.65. The molecule has 0 bridgehead atoms. The molecule has 21 heavy (non-hydrogen) atoms. The molecule has 1 aliphatic rings. The predicted octanol–water partition coefficient (Wildman–Crippen LogP) is 0.973. The van der Waals surface area contributed by atoms with E-state index in [0.717, 1.165) is 25.7 Å². The third-order valence-corrected chi connectivity index (χ3v) is 3.39. The molecule has 6 nitrogen and oxygen atoms in total. The summed E-state index contributed by atoms with van der Waals surface area (Å²) >= 11 is 0. The molecular weight excluding hydrogens is 294 g/mol. The standard InChI is InChI=1S/C14H25N3O3.ClH/c15-9-4-2-1-3-6-12(18)16-10-5-11-17-13(19)7-8-14(17)20;/h1-11,15H2,(H,16,18);1H. The molecule has 3 amide bonds. The first-order valence-corrected chi connectivity index (χ1v) is 7.45. The molecule has 1 aliphatic heterocycles. The van der Waals surface area contributed by atoms with Gasteiger partial charge in [-0.05, 0) is 25.8 Å². The first-order valence-electron chi connectivity index (χ1n) is 7.45. The van der Waals surface area contributed by atoms with E-state index in [2.05, 4.69) is 5.32 Å². The number of halogens is 1. The van der Waals surface area contributed by atoms with E-state index < -0.39 is 0 Å². The van der Waals surface area contributed by atoms with Crippen molar-refractivity contribution in [3.8, 4) is 0 Å². The van der Waals surface area contributed by atoms with E-state index >= 15 is 0 Å². The lowest BCUT2D eigenvalue weighted by Crippen LogP contribution is -2.33. The minimum absolute atomic E-state index is 0. The van der Waals surface area contributed by atoms with Gasteiger partial charge in [-0.2, -0.15) is 0 Å². The normalized spacial score (nSPS) is 14.2. The van der Waals surface area contributed by atoms with Crippen LogP contribution in [0.1, 0.15) is 51.4 Å². The number of likely N-dealkylation sites (tertiary alicyclic amines) is 1. The number of nitrogens with zero attached hydrogens (tertiary/aromatic N) is 1. The maximum Gasteiger partial charge on any atom is 0.229 e. The molecule has 1 heterocycles. The van der Waals surface area contributed by atoms with Crippen LogP contribution in [0.2, 0.25) is 0 Å². The Kier molecular flexibility index (Phi) is 10.9. The van der Waals surface area contributed by atoms with E-state index in [0.29, 0.717) is 45.3 Å². The molecule has 0 aromatic heterocycles. The van der Waals surface area contributed by atoms with Crippen LogP contribution in [-0.4, -0.2) is 42.3 Å². The van der Waals surface area contributed by atoms with E-state index in [-0.39, 0.29) is 30.1 Å². The summed E-state index contributed by atoms with van der Waals surface area (Å²) in [6, 6.07) is 0. The van der Waals surface area contributed by atoms with Gasteiger partial charge in [0, 0.05) is 32.4 Å². The number of nitrogens with two attached hydrogens (primary N) is 1. The highest BCUT2D eigenvalue weighted by molar-refractivity contribution is 6.01. The van der Waals surface area contributed by atoms with E-state index in [1.165, 1.54) is 4.90 Å². The van der Waals surface area contributed by atoms with Crippen molar-refractivity contribution in [1.82, 2.24) is 10.2 Å². The lowest BCUT2D eigenvalue weighted by molar-refractivity contribution is -0.138. The predicted molar refractivity (Wildman–Crippen MR) is 83.0 cm³/mol. The number of imide groups is 1. The topological polar surface area (TPSA) is 92.5 Å². The zero-order valence-corrected chi connectivity index (χ0v) is 13.3. The maximum absolute atomic E-state index is 11.5. The van der Waals surface area contributed by atoms with Crippen LogP contribution in [0, 0.1) is 0 Å². The fourth-order valence-corrected chi connectivity index (χ4v) is 2.21. The maximum atomic E-state index is 11.5. The molecule has 0 atom stereocenters. The number of unbranched alkanes of at least 4 members (excludes halogenated alkanes) is 3. The Hall–Kier alpha value is -1.14. The van der Waals surface area contributed by atoms with Crippen LogP contribution in [0.4, 0.5) is 0 Å². The summed E-state index contributed by atoms with van der Waals surface area (Å²) in [4.78, 5) is 35.5. The Bertz CT molecular complexity index is 334. The second kappa shape index (κ2) is 11.5. The molecule has 122 valence electrons. The summed E-state index contributed by atoms with van der Waals surface area (Å²) in [6.07, 6.45) is 5.81. The lowest BCUT2D eigenvalue weighted by Gasteiger charge is -2.13. The molecule has 3 N–H and O–H groups in total. The molecule has 0 spiro atoms. The molecule has 1 rings (SSSR count). The average Bonchev–Trinajstić information content (AvgIpc) is 2.74. The van der Waals surface area contributed by atoms with Crippen LogP contribution >= 0.6 is 12.4 Å². The Morgan fingerprint density at radius 2 is 1.67 bits per heavy atom. The van der Waals surface area contributed by atoms with Crippen molar-refractivity contribution in [2.24, 2.45) is 5.73 Å². The summed E-state index contributed by atoms with van der Waals surface area (Å²) in [7, 11) is 0. The number of nitrogens with one attached hydrogen (secondary N) is 1. The number of hydrogen-bond acceptors (Lipinski definition) is 4. The highest BCUT2D eigenvalue weighted by Crippen LogP contribution is 2.11. The molecule has 7 heteroatoms. The Labute approximate surface area is 132 Å². The van der Waals surface area contributed by atoms with Gasteiger partial charge in [0.05, 0.1) is 0 Å².